The topological polar surface area (TPSA) is 109 Å². The summed E-state index contributed by atoms with van der Waals surface area (Å²) in [6.07, 6.45) is 6.51. The number of aryl methyl sites for hydroxylation is 1. The van der Waals surface area contributed by atoms with Crippen molar-refractivity contribution in [1.82, 2.24) is 4.98 Å². The van der Waals surface area contributed by atoms with Gasteiger partial charge in [-0.2, -0.15) is 0 Å². The third-order valence-electron chi connectivity index (χ3n) is 5.12. The van der Waals surface area contributed by atoms with Crippen molar-refractivity contribution in [2.24, 2.45) is 5.14 Å². The highest BCUT2D eigenvalue weighted by molar-refractivity contribution is 7.92. The molecular weight excluding hydrogens is 356 g/mol. The Morgan fingerprint density at radius 1 is 1.40 bits per heavy atom. The lowest BCUT2D eigenvalue weighted by Gasteiger charge is -2.16. The largest absolute Gasteiger partial charge is 0.319 e. The minimum absolute atomic E-state index is 0.120. The van der Waals surface area contributed by atoms with E-state index in [2.05, 4.69) is 23.3 Å². The number of nitrogens with one attached hydrogen (secondary N) is 2. The Labute approximate surface area is 151 Å². The van der Waals surface area contributed by atoms with E-state index in [1.807, 2.05) is 0 Å². The third-order valence-corrected chi connectivity index (χ3v) is 7.60. The van der Waals surface area contributed by atoms with Gasteiger partial charge >= 0.3 is 0 Å². The van der Waals surface area contributed by atoms with Crippen LogP contribution in [0.4, 0.5) is 5.69 Å². The SMILES string of the molecule is CC1CCc2c1cc1c(c2NC(=O)c2ncc(S(=N)(N)=O)s2)CCC1. The second-order valence-corrected chi connectivity index (χ2v) is 9.72. The van der Waals surface area contributed by atoms with Gasteiger partial charge in [0.25, 0.3) is 5.91 Å². The average molecular weight is 377 g/mol. The van der Waals surface area contributed by atoms with E-state index in [1.165, 1.54) is 28.5 Å². The van der Waals surface area contributed by atoms with Gasteiger partial charge in [0.1, 0.15) is 14.1 Å². The summed E-state index contributed by atoms with van der Waals surface area (Å²) in [5, 5.41) is 8.57. The number of thiazole rings is 1. The normalized spacial score (nSPS) is 20.8. The number of rotatable bonds is 3. The molecule has 2 aromatic rings. The summed E-state index contributed by atoms with van der Waals surface area (Å²) in [5.74, 6) is 0.204. The molecule has 2 unspecified atom stereocenters. The van der Waals surface area contributed by atoms with Crippen LogP contribution in [0, 0.1) is 4.78 Å². The van der Waals surface area contributed by atoms with E-state index in [9.17, 15) is 9.00 Å². The number of aromatic nitrogens is 1. The molecule has 0 spiro atoms. The molecule has 0 aliphatic heterocycles. The maximum Gasteiger partial charge on any atom is 0.284 e. The monoisotopic (exact) mass is 376 g/mol. The van der Waals surface area contributed by atoms with Gasteiger partial charge in [-0.15, -0.1) is 0 Å². The van der Waals surface area contributed by atoms with E-state index >= 15 is 0 Å². The number of fused-ring (bicyclic) bond motifs is 2. The molecule has 0 saturated carbocycles. The van der Waals surface area contributed by atoms with Crippen molar-refractivity contribution in [2.45, 2.75) is 49.2 Å². The molecular formula is C17H20N4O2S2. The first kappa shape index (κ1) is 16.7. The maximum atomic E-state index is 12.7. The molecule has 1 heterocycles. The minimum atomic E-state index is -3.34. The Kier molecular flexibility index (Phi) is 3.93. The number of anilines is 1. The number of carbonyl (C=O) groups excluding carboxylic acids is 1. The molecule has 0 radical (unpaired) electrons. The van der Waals surface area contributed by atoms with Crippen molar-refractivity contribution >= 4 is 32.8 Å². The summed E-state index contributed by atoms with van der Waals surface area (Å²) in [7, 11) is -3.34. The van der Waals surface area contributed by atoms with Crippen LogP contribution in [0.1, 0.15) is 57.7 Å². The van der Waals surface area contributed by atoms with Crippen molar-refractivity contribution in [1.29, 1.82) is 4.78 Å². The quantitative estimate of drug-likeness (QED) is 0.765. The number of carbonyl (C=O) groups is 1. The fraction of sp³-hybridized carbons (Fsp3) is 0.412. The molecule has 132 valence electrons. The van der Waals surface area contributed by atoms with Crippen molar-refractivity contribution in [3.63, 3.8) is 0 Å². The first-order chi connectivity index (χ1) is 11.8. The van der Waals surface area contributed by atoms with Gasteiger partial charge in [-0.25, -0.2) is 19.1 Å². The summed E-state index contributed by atoms with van der Waals surface area (Å²) in [4.78, 5) is 16.7. The van der Waals surface area contributed by atoms with Gasteiger partial charge in [-0.1, -0.05) is 24.3 Å². The number of hydrogen-bond donors (Lipinski definition) is 3. The van der Waals surface area contributed by atoms with Crippen LogP contribution in [-0.4, -0.2) is 15.1 Å². The zero-order chi connectivity index (χ0) is 17.8. The summed E-state index contributed by atoms with van der Waals surface area (Å²) in [6.45, 7) is 2.23. The fourth-order valence-corrected chi connectivity index (χ4v) is 5.35. The van der Waals surface area contributed by atoms with Crippen LogP contribution < -0.4 is 10.5 Å². The molecule has 1 aromatic heterocycles. The van der Waals surface area contributed by atoms with Crippen LogP contribution in [0.25, 0.3) is 0 Å². The van der Waals surface area contributed by atoms with Crippen molar-refractivity contribution < 1.29 is 9.00 Å². The van der Waals surface area contributed by atoms with Gasteiger partial charge in [-0.05, 0) is 60.3 Å². The smallest absolute Gasteiger partial charge is 0.284 e. The Hall–Kier alpha value is -1.77. The van der Waals surface area contributed by atoms with Gasteiger partial charge < -0.3 is 5.32 Å². The number of amides is 1. The average Bonchev–Trinajstić information content (AvgIpc) is 3.26. The molecule has 2 atom stereocenters. The molecule has 6 nitrogen and oxygen atoms in total. The van der Waals surface area contributed by atoms with Gasteiger partial charge in [0.15, 0.2) is 5.01 Å². The van der Waals surface area contributed by atoms with Crippen LogP contribution in [-0.2, 0) is 29.2 Å². The Bertz CT molecular complexity index is 979. The molecule has 0 bridgehead atoms. The summed E-state index contributed by atoms with van der Waals surface area (Å²) < 4.78 is 19.1. The molecule has 2 aliphatic carbocycles. The Morgan fingerprint density at radius 2 is 2.20 bits per heavy atom. The predicted octanol–water partition coefficient (Wildman–Crippen LogP) is 3.21. The highest BCUT2D eigenvalue weighted by Crippen LogP contribution is 2.43. The van der Waals surface area contributed by atoms with Gasteiger partial charge in [-0.3, -0.25) is 4.79 Å². The third kappa shape index (κ3) is 2.88. The van der Waals surface area contributed by atoms with Gasteiger partial charge in [0.2, 0.25) is 0 Å². The van der Waals surface area contributed by atoms with Crippen LogP contribution in [0.15, 0.2) is 16.5 Å². The molecule has 4 N–H and O–H groups in total. The lowest BCUT2D eigenvalue weighted by atomic mass is 9.95. The van der Waals surface area contributed by atoms with E-state index in [0.29, 0.717) is 5.92 Å². The molecule has 2 aliphatic rings. The van der Waals surface area contributed by atoms with E-state index < -0.39 is 9.92 Å². The van der Waals surface area contributed by atoms with Crippen molar-refractivity contribution in [3.8, 4) is 0 Å². The first-order valence-corrected chi connectivity index (χ1v) is 10.8. The number of nitrogens with two attached hydrogens (primary N) is 1. The first-order valence-electron chi connectivity index (χ1n) is 8.36. The summed E-state index contributed by atoms with van der Waals surface area (Å²) >= 11 is 0.923. The van der Waals surface area contributed by atoms with Crippen molar-refractivity contribution in [2.75, 3.05) is 5.32 Å². The molecule has 25 heavy (non-hydrogen) atoms. The minimum Gasteiger partial charge on any atom is -0.319 e. The molecule has 4 rings (SSSR count). The van der Waals surface area contributed by atoms with Crippen LogP contribution in [0.3, 0.4) is 0 Å². The summed E-state index contributed by atoms with van der Waals surface area (Å²) in [6, 6.07) is 2.33. The molecule has 8 heteroatoms. The van der Waals surface area contributed by atoms with Crippen molar-refractivity contribution in [3.05, 3.63) is 39.5 Å². The Morgan fingerprint density at radius 3 is 2.92 bits per heavy atom. The molecule has 0 fully saturated rings. The zero-order valence-corrected chi connectivity index (χ0v) is 15.6. The number of nitrogens with zero attached hydrogens (tertiary/aromatic N) is 1. The zero-order valence-electron chi connectivity index (χ0n) is 13.9. The second-order valence-electron chi connectivity index (χ2n) is 6.79. The highest BCUT2D eigenvalue weighted by atomic mass is 32.2. The van der Waals surface area contributed by atoms with Crippen LogP contribution in [0.5, 0.6) is 0 Å². The maximum absolute atomic E-state index is 12.7. The lowest BCUT2D eigenvalue weighted by molar-refractivity contribution is 0.102. The van der Waals surface area contributed by atoms with Gasteiger partial charge in [0, 0.05) is 5.69 Å². The molecule has 1 amide bonds. The van der Waals surface area contributed by atoms with Crippen LogP contribution >= 0.6 is 11.3 Å². The standard InChI is InChI=1S/C17H20N4O2S2/c1-9-5-6-12-13(9)7-10-3-2-4-11(10)15(12)21-16(22)17-20-8-14(24-17)25(18,19)23/h7-9H,2-6H2,1H3,(H,21,22)(H3,18,19,23). The fourth-order valence-electron chi connectivity index (χ4n) is 3.86. The highest BCUT2D eigenvalue weighted by Gasteiger charge is 2.29. The van der Waals surface area contributed by atoms with E-state index in [4.69, 9.17) is 9.92 Å². The van der Waals surface area contributed by atoms with Crippen LogP contribution in [0.2, 0.25) is 0 Å². The molecule has 0 saturated heterocycles. The number of benzene rings is 1. The van der Waals surface area contributed by atoms with E-state index in [-0.39, 0.29) is 15.1 Å². The predicted molar refractivity (Wildman–Crippen MR) is 98.6 cm³/mol. The van der Waals surface area contributed by atoms with E-state index in [1.54, 1.807) is 0 Å². The second kappa shape index (κ2) is 5.89. The Balaban J connectivity index is 1.71. The van der Waals surface area contributed by atoms with E-state index in [0.717, 1.165) is 49.1 Å². The number of hydrogen-bond acceptors (Lipinski definition) is 5. The van der Waals surface area contributed by atoms with Gasteiger partial charge in [0.05, 0.1) is 6.20 Å². The molecule has 1 aromatic carbocycles. The summed E-state index contributed by atoms with van der Waals surface area (Å²) in [5.41, 5.74) is 6.16. The lowest BCUT2D eigenvalue weighted by Crippen LogP contribution is -2.15.